The zero-order valence-corrected chi connectivity index (χ0v) is 13.9. The molecule has 0 aliphatic heterocycles. The second-order valence-electron chi connectivity index (χ2n) is 4.65. The first kappa shape index (κ1) is 16.7. The summed E-state index contributed by atoms with van der Waals surface area (Å²) in [4.78, 5) is 13.0. The van der Waals surface area contributed by atoms with Gasteiger partial charge in [0.2, 0.25) is 5.91 Å². The van der Waals surface area contributed by atoms with E-state index in [9.17, 15) is 4.79 Å². The standard InChI is InChI=1S/C17H18ClNO2S/c1-22-16-6-3-2-5-15(16)19-17(20)7-4-12-21-14-10-8-13(18)9-11-14/h2-3,5-6,8-11H,4,7,12H2,1H3,(H,19,20). The maximum absolute atomic E-state index is 11.9. The van der Waals surface area contributed by atoms with Gasteiger partial charge >= 0.3 is 0 Å². The topological polar surface area (TPSA) is 38.3 Å². The number of benzene rings is 2. The first-order valence-corrected chi connectivity index (χ1v) is 8.60. The highest BCUT2D eigenvalue weighted by atomic mass is 35.5. The number of amides is 1. The van der Waals surface area contributed by atoms with Crippen molar-refractivity contribution in [3.05, 3.63) is 53.6 Å². The zero-order chi connectivity index (χ0) is 15.8. The van der Waals surface area contributed by atoms with Crippen LogP contribution in [0.3, 0.4) is 0 Å². The molecule has 1 amide bonds. The number of thioether (sulfide) groups is 1. The molecule has 3 nitrogen and oxygen atoms in total. The van der Waals surface area contributed by atoms with Crippen molar-refractivity contribution >= 4 is 35.0 Å². The first-order chi connectivity index (χ1) is 10.7. The molecular weight excluding hydrogens is 318 g/mol. The normalized spacial score (nSPS) is 10.3. The summed E-state index contributed by atoms with van der Waals surface area (Å²) in [6, 6.07) is 15.0. The summed E-state index contributed by atoms with van der Waals surface area (Å²) in [6.07, 6.45) is 3.08. The molecule has 0 radical (unpaired) electrons. The minimum atomic E-state index is 0.00112. The Labute approximate surface area is 140 Å². The monoisotopic (exact) mass is 335 g/mol. The fourth-order valence-corrected chi connectivity index (χ4v) is 2.59. The first-order valence-electron chi connectivity index (χ1n) is 7.00. The Hall–Kier alpha value is -1.65. The van der Waals surface area contributed by atoms with E-state index in [1.165, 1.54) is 0 Å². The van der Waals surface area contributed by atoms with Crippen LogP contribution in [0.1, 0.15) is 12.8 Å². The highest BCUT2D eigenvalue weighted by Gasteiger charge is 2.06. The predicted octanol–water partition coefficient (Wildman–Crippen LogP) is 4.86. The summed E-state index contributed by atoms with van der Waals surface area (Å²) in [6.45, 7) is 0.499. The van der Waals surface area contributed by atoms with Gasteiger partial charge < -0.3 is 10.1 Å². The van der Waals surface area contributed by atoms with Gasteiger partial charge in [0.15, 0.2) is 0 Å². The van der Waals surface area contributed by atoms with Crippen LogP contribution in [0.25, 0.3) is 0 Å². The zero-order valence-electron chi connectivity index (χ0n) is 12.3. The van der Waals surface area contributed by atoms with Crippen LogP contribution in [-0.4, -0.2) is 18.8 Å². The Balaban J connectivity index is 1.72. The van der Waals surface area contributed by atoms with Gasteiger partial charge in [0.25, 0.3) is 0 Å². The van der Waals surface area contributed by atoms with Crippen LogP contribution in [-0.2, 0) is 4.79 Å². The van der Waals surface area contributed by atoms with Gasteiger partial charge in [0.1, 0.15) is 5.75 Å². The lowest BCUT2D eigenvalue weighted by atomic mass is 10.2. The molecule has 2 aromatic carbocycles. The van der Waals surface area contributed by atoms with Crippen molar-refractivity contribution in [3.8, 4) is 5.75 Å². The third-order valence-electron chi connectivity index (χ3n) is 3.01. The van der Waals surface area contributed by atoms with Crippen molar-refractivity contribution in [1.29, 1.82) is 0 Å². The highest BCUT2D eigenvalue weighted by molar-refractivity contribution is 7.98. The largest absolute Gasteiger partial charge is 0.494 e. The molecule has 0 spiro atoms. The molecule has 0 saturated carbocycles. The maximum atomic E-state index is 11.9. The summed E-state index contributed by atoms with van der Waals surface area (Å²) in [5, 5.41) is 3.61. The lowest BCUT2D eigenvalue weighted by molar-refractivity contribution is -0.116. The number of carbonyl (C=O) groups is 1. The molecule has 0 saturated heterocycles. The Kier molecular flexibility index (Phi) is 6.62. The fraction of sp³-hybridized carbons (Fsp3) is 0.235. The lowest BCUT2D eigenvalue weighted by Gasteiger charge is -2.09. The summed E-state index contributed by atoms with van der Waals surface area (Å²) < 4.78 is 5.56. The number of nitrogens with one attached hydrogen (secondary N) is 1. The van der Waals surface area contributed by atoms with Gasteiger partial charge in [-0.3, -0.25) is 4.79 Å². The molecule has 0 atom stereocenters. The van der Waals surface area contributed by atoms with Gasteiger partial charge in [-0.05, 0) is 49.1 Å². The van der Waals surface area contributed by atoms with Crippen molar-refractivity contribution in [2.75, 3.05) is 18.2 Å². The number of rotatable bonds is 7. The van der Waals surface area contributed by atoms with Crippen LogP contribution < -0.4 is 10.1 Å². The van der Waals surface area contributed by atoms with E-state index in [0.717, 1.165) is 16.3 Å². The third kappa shape index (κ3) is 5.28. The molecular formula is C17H18ClNO2S. The number of para-hydroxylation sites is 1. The Morgan fingerprint density at radius 3 is 2.64 bits per heavy atom. The second kappa shape index (κ2) is 8.71. The summed E-state index contributed by atoms with van der Waals surface area (Å²) in [5.74, 6) is 0.763. The Morgan fingerprint density at radius 1 is 1.18 bits per heavy atom. The van der Waals surface area contributed by atoms with Crippen LogP contribution in [0.15, 0.2) is 53.4 Å². The maximum Gasteiger partial charge on any atom is 0.224 e. The van der Waals surface area contributed by atoms with Crippen molar-refractivity contribution < 1.29 is 9.53 Å². The molecule has 22 heavy (non-hydrogen) atoms. The lowest BCUT2D eigenvalue weighted by Crippen LogP contribution is -2.13. The molecule has 0 aliphatic carbocycles. The molecule has 116 valence electrons. The number of anilines is 1. The van der Waals surface area contributed by atoms with Gasteiger partial charge in [0, 0.05) is 16.3 Å². The summed E-state index contributed by atoms with van der Waals surface area (Å²) in [5.41, 5.74) is 0.860. The number of carbonyl (C=O) groups excluding carboxylic acids is 1. The van der Waals surface area contributed by atoms with Gasteiger partial charge in [-0.1, -0.05) is 23.7 Å². The molecule has 1 N–H and O–H groups in total. The van der Waals surface area contributed by atoms with Gasteiger partial charge in [-0.15, -0.1) is 11.8 Å². The molecule has 2 aromatic rings. The SMILES string of the molecule is CSc1ccccc1NC(=O)CCCOc1ccc(Cl)cc1. The van der Waals surface area contributed by atoms with E-state index in [0.29, 0.717) is 24.5 Å². The van der Waals surface area contributed by atoms with E-state index < -0.39 is 0 Å². The number of hydrogen-bond donors (Lipinski definition) is 1. The van der Waals surface area contributed by atoms with E-state index in [1.54, 1.807) is 23.9 Å². The fourth-order valence-electron chi connectivity index (χ4n) is 1.91. The Morgan fingerprint density at radius 2 is 1.91 bits per heavy atom. The van der Waals surface area contributed by atoms with Crippen LogP contribution in [0.2, 0.25) is 5.02 Å². The van der Waals surface area contributed by atoms with Gasteiger partial charge in [-0.25, -0.2) is 0 Å². The van der Waals surface area contributed by atoms with E-state index in [2.05, 4.69) is 5.32 Å². The average molecular weight is 336 g/mol. The Bertz CT molecular complexity index is 616. The number of ether oxygens (including phenoxy) is 1. The quantitative estimate of drug-likeness (QED) is 0.580. The van der Waals surface area contributed by atoms with Gasteiger partial charge in [0.05, 0.1) is 12.3 Å². The van der Waals surface area contributed by atoms with Crippen molar-refractivity contribution in [1.82, 2.24) is 0 Å². The molecule has 5 heteroatoms. The smallest absolute Gasteiger partial charge is 0.224 e. The van der Waals surface area contributed by atoms with E-state index in [1.807, 2.05) is 42.7 Å². The average Bonchev–Trinajstić information content (AvgIpc) is 2.54. The molecule has 0 unspecified atom stereocenters. The molecule has 0 aliphatic rings. The molecule has 0 aromatic heterocycles. The van der Waals surface area contributed by atoms with Crippen LogP contribution >= 0.6 is 23.4 Å². The van der Waals surface area contributed by atoms with Crippen molar-refractivity contribution in [2.24, 2.45) is 0 Å². The second-order valence-corrected chi connectivity index (χ2v) is 5.94. The molecule has 0 fully saturated rings. The highest BCUT2D eigenvalue weighted by Crippen LogP contribution is 2.24. The van der Waals surface area contributed by atoms with Gasteiger partial charge in [-0.2, -0.15) is 0 Å². The van der Waals surface area contributed by atoms with Crippen LogP contribution in [0.4, 0.5) is 5.69 Å². The van der Waals surface area contributed by atoms with E-state index in [4.69, 9.17) is 16.3 Å². The van der Waals surface area contributed by atoms with Crippen LogP contribution in [0, 0.1) is 0 Å². The minimum Gasteiger partial charge on any atom is -0.494 e. The van der Waals surface area contributed by atoms with Crippen LogP contribution in [0.5, 0.6) is 5.75 Å². The molecule has 2 rings (SSSR count). The number of hydrogen-bond acceptors (Lipinski definition) is 3. The van der Waals surface area contributed by atoms with E-state index >= 15 is 0 Å². The third-order valence-corrected chi connectivity index (χ3v) is 4.06. The predicted molar refractivity (Wildman–Crippen MR) is 93.0 cm³/mol. The molecule has 0 heterocycles. The molecule has 0 bridgehead atoms. The van der Waals surface area contributed by atoms with Crippen molar-refractivity contribution in [3.63, 3.8) is 0 Å². The number of halogens is 1. The van der Waals surface area contributed by atoms with E-state index in [-0.39, 0.29) is 5.91 Å². The summed E-state index contributed by atoms with van der Waals surface area (Å²) in [7, 11) is 0. The summed E-state index contributed by atoms with van der Waals surface area (Å²) >= 11 is 7.42. The van der Waals surface area contributed by atoms with Crippen molar-refractivity contribution in [2.45, 2.75) is 17.7 Å². The minimum absolute atomic E-state index is 0.00112.